The van der Waals surface area contributed by atoms with Gasteiger partial charge in [0.2, 0.25) is 0 Å². The second-order valence-electron chi connectivity index (χ2n) is 10.4. The summed E-state index contributed by atoms with van der Waals surface area (Å²) >= 11 is 0. The highest BCUT2D eigenvalue weighted by molar-refractivity contribution is 5.88. The van der Waals surface area contributed by atoms with Crippen LogP contribution in [-0.2, 0) is 6.18 Å². The summed E-state index contributed by atoms with van der Waals surface area (Å²) in [6.45, 7) is 8.73. The summed E-state index contributed by atoms with van der Waals surface area (Å²) in [5.41, 5.74) is 7.67. The quantitative estimate of drug-likeness (QED) is 0.216. The number of nitrogens with zero attached hydrogens (tertiary/aromatic N) is 2. The van der Waals surface area contributed by atoms with Gasteiger partial charge in [-0.3, -0.25) is 4.57 Å². The van der Waals surface area contributed by atoms with E-state index in [2.05, 4.69) is 87.3 Å². The molecule has 2 nitrogen and oxygen atoms in total. The number of rotatable bonds is 6. The van der Waals surface area contributed by atoms with E-state index in [9.17, 15) is 13.2 Å². The minimum atomic E-state index is -4.39. The predicted octanol–water partition coefficient (Wildman–Crippen LogP) is 10.1. The summed E-state index contributed by atoms with van der Waals surface area (Å²) in [6, 6.07) is 28.3. The molecule has 0 aliphatic heterocycles. The van der Waals surface area contributed by atoms with E-state index in [4.69, 9.17) is 0 Å². The number of imidazole rings is 1. The zero-order chi connectivity index (χ0) is 27.7. The highest BCUT2D eigenvalue weighted by atomic mass is 19.4. The second kappa shape index (κ2) is 10.6. The molecule has 0 bridgehead atoms. The highest BCUT2D eigenvalue weighted by Gasteiger charge is 2.30. The minimum Gasteiger partial charge on any atom is -0.299 e. The van der Waals surface area contributed by atoms with E-state index < -0.39 is 11.7 Å². The lowest BCUT2D eigenvalue weighted by molar-refractivity contribution is -0.137. The van der Waals surface area contributed by atoms with E-state index in [1.807, 2.05) is 22.9 Å². The van der Waals surface area contributed by atoms with Crippen LogP contribution in [-0.4, -0.2) is 9.55 Å². The molecule has 1 aromatic heterocycles. The first-order valence-corrected chi connectivity index (χ1v) is 13.2. The lowest BCUT2D eigenvalue weighted by atomic mass is 9.87. The zero-order valence-corrected chi connectivity index (χ0v) is 22.5. The van der Waals surface area contributed by atoms with Crippen molar-refractivity contribution in [2.24, 2.45) is 0 Å². The smallest absolute Gasteiger partial charge is 0.299 e. The van der Waals surface area contributed by atoms with Crippen molar-refractivity contribution in [1.82, 2.24) is 9.55 Å². The summed E-state index contributed by atoms with van der Waals surface area (Å²) in [4.78, 5) is 4.62. The maximum absolute atomic E-state index is 13.3. The van der Waals surface area contributed by atoms with Gasteiger partial charge in [-0.05, 0) is 46.2 Å². The maximum atomic E-state index is 13.3. The van der Waals surface area contributed by atoms with E-state index in [0.29, 0.717) is 23.2 Å². The van der Waals surface area contributed by atoms with E-state index in [0.717, 1.165) is 40.1 Å². The summed E-state index contributed by atoms with van der Waals surface area (Å²) in [6.07, 6.45) is -0.795. The molecule has 0 radical (unpaired) electrons. The van der Waals surface area contributed by atoms with E-state index in [1.54, 1.807) is 6.20 Å². The molecule has 0 aliphatic rings. The summed E-state index contributed by atoms with van der Waals surface area (Å²) in [5, 5.41) is 0. The van der Waals surface area contributed by atoms with Crippen molar-refractivity contribution < 1.29 is 13.2 Å². The number of hydrogen-bond donors (Lipinski definition) is 0. The standard InChI is InChI=1S/C34H31F3N2/c1-22(2)26-10-5-7-12-28(26)30-14-9-15-31(29-13-8-6-11-27(29)23(3)4)32(30)39-21-20-38-33(39)24-16-18-25(19-17-24)34(35,36)37/h5-23H,1-4H3. The number of halogens is 3. The molecule has 198 valence electrons. The van der Waals surface area contributed by atoms with Crippen LogP contribution >= 0.6 is 0 Å². The van der Waals surface area contributed by atoms with Crippen LogP contribution in [0.1, 0.15) is 56.2 Å². The van der Waals surface area contributed by atoms with E-state index in [-0.39, 0.29) is 0 Å². The molecule has 0 saturated carbocycles. The van der Waals surface area contributed by atoms with Gasteiger partial charge in [-0.25, -0.2) is 4.98 Å². The third-order valence-electron chi connectivity index (χ3n) is 7.13. The van der Waals surface area contributed by atoms with Gasteiger partial charge in [-0.15, -0.1) is 0 Å². The van der Waals surface area contributed by atoms with E-state index >= 15 is 0 Å². The van der Waals surface area contributed by atoms with Gasteiger partial charge >= 0.3 is 6.18 Å². The molecular formula is C34H31F3N2. The fourth-order valence-corrected chi connectivity index (χ4v) is 5.23. The molecule has 0 fully saturated rings. The molecule has 5 aromatic rings. The van der Waals surface area contributed by atoms with Gasteiger partial charge in [0, 0.05) is 29.1 Å². The van der Waals surface area contributed by atoms with Gasteiger partial charge in [-0.2, -0.15) is 13.2 Å². The maximum Gasteiger partial charge on any atom is 0.416 e. The van der Waals surface area contributed by atoms with Gasteiger partial charge in [-0.1, -0.05) is 107 Å². The molecular weight excluding hydrogens is 493 g/mol. The molecule has 39 heavy (non-hydrogen) atoms. The van der Waals surface area contributed by atoms with Crippen LogP contribution in [0.25, 0.3) is 39.3 Å². The lowest BCUT2D eigenvalue weighted by Crippen LogP contribution is -2.06. The highest BCUT2D eigenvalue weighted by Crippen LogP contribution is 2.42. The van der Waals surface area contributed by atoms with Crippen LogP contribution in [0.5, 0.6) is 0 Å². The van der Waals surface area contributed by atoms with Crippen LogP contribution in [0.2, 0.25) is 0 Å². The van der Waals surface area contributed by atoms with E-state index in [1.165, 1.54) is 23.3 Å². The van der Waals surface area contributed by atoms with Gasteiger partial charge < -0.3 is 0 Å². The summed E-state index contributed by atoms with van der Waals surface area (Å²) in [7, 11) is 0. The Morgan fingerprint density at radius 1 is 0.615 bits per heavy atom. The first kappa shape index (κ1) is 26.5. The van der Waals surface area contributed by atoms with Crippen LogP contribution in [0.4, 0.5) is 13.2 Å². The fraction of sp³-hybridized carbons (Fsp3) is 0.206. The van der Waals surface area contributed by atoms with Crippen LogP contribution in [0.15, 0.2) is 103 Å². The van der Waals surface area contributed by atoms with Crippen molar-refractivity contribution in [3.8, 4) is 39.3 Å². The molecule has 5 rings (SSSR count). The molecule has 0 atom stereocenters. The van der Waals surface area contributed by atoms with Crippen LogP contribution < -0.4 is 0 Å². The number of benzene rings is 4. The second-order valence-corrected chi connectivity index (χ2v) is 10.4. The third kappa shape index (κ3) is 5.14. The Kier molecular flexibility index (Phi) is 7.17. The Bertz CT molecular complexity index is 1520. The average Bonchev–Trinajstić information content (AvgIpc) is 3.42. The van der Waals surface area contributed by atoms with Gasteiger partial charge in [0.05, 0.1) is 11.3 Å². The Morgan fingerprint density at radius 3 is 1.59 bits per heavy atom. The fourth-order valence-electron chi connectivity index (χ4n) is 5.23. The minimum absolute atomic E-state index is 0.304. The summed E-state index contributed by atoms with van der Waals surface area (Å²) in [5.74, 6) is 1.19. The Hall–Kier alpha value is -4.12. The monoisotopic (exact) mass is 524 g/mol. The lowest BCUT2D eigenvalue weighted by Gasteiger charge is -2.23. The molecule has 0 aliphatic carbocycles. The van der Waals surface area contributed by atoms with Gasteiger partial charge in [0.15, 0.2) is 0 Å². The topological polar surface area (TPSA) is 17.8 Å². The molecule has 0 N–H and O–H groups in total. The molecule has 1 heterocycles. The SMILES string of the molecule is CC(C)c1ccccc1-c1cccc(-c2ccccc2C(C)C)c1-n1ccnc1-c1ccc(C(F)(F)F)cc1. The normalized spacial score (nSPS) is 11.9. The number of hydrogen-bond acceptors (Lipinski definition) is 1. The Morgan fingerprint density at radius 2 is 1.10 bits per heavy atom. The molecule has 0 saturated heterocycles. The van der Waals surface area contributed by atoms with Crippen molar-refractivity contribution in [3.63, 3.8) is 0 Å². The molecule has 0 amide bonds. The zero-order valence-electron chi connectivity index (χ0n) is 22.5. The number of aromatic nitrogens is 2. The van der Waals surface area contributed by atoms with Crippen molar-refractivity contribution >= 4 is 0 Å². The number of alkyl halides is 3. The first-order chi connectivity index (χ1) is 18.7. The molecule has 0 spiro atoms. The van der Waals surface area contributed by atoms with Crippen molar-refractivity contribution in [1.29, 1.82) is 0 Å². The first-order valence-electron chi connectivity index (χ1n) is 13.2. The molecule has 4 aromatic carbocycles. The summed E-state index contributed by atoms with van der Waals surface area (Å²) < 4.78 is 41.8. The predicted molar refractivity (Wildman–Crippen MR) is 153 cm³/mol. The third-order valence-corrected chi connectivity index (χ3v) is 7.13. The molecule has 0 unspecified atom stereocenters. The van der Waals surface area contributed by atoms with Crippen molar-refractivity contribution in [2.75, 3.05) is 0 Å². The largest absolute Gasteiger partial charge is 0.416 e. The Labute approximate surface area is 227 Å². The average molecular weight is 525 g/mol. The van der Waals surface area contributed by atoms with Crippen LogP contribution in [0, 0.1) is 0 Å². The van der Waals surface area contributed by atoms with Gasteiger partial charge in [0.1, 0.15) is 5.82 Å². The molecule has 5 heteroatoms. The van der Waals surface area contributed by atoms with Crippen molar-refractivity contribution in [3.05, 3.63) is 120 Å². The number of para-hydroxylation sites is 1. The van der Waals surface area contributed by atoms with Crippen LogP contribution in [0.3, 0.4) is 0 Å². The van der Waals surface area contributed by atoms with Gasteiger partial charge in [0.25, 0.3) is 0 Å². The Balaban J connectivity index is 1.81. The van der Waals surface area contributed by atoms with Crippen molar-refractivity contribution in [2.45, 2.75) is 45.7 Å².